The van der Waals surface area contributed by atoms with Gasteiger partial charge < -0.3 is 4.90 Å². The maximum Gasteiger partial charge on any atom is 0.244 e. The summed E-state index contributed by atoms with van der Waals surface area (Å²) in [5.41, 5.74) is 6.82. The van der Waals surface area contributed by atoms with Crippen molar-refractivity contribution < 1.29 is 4.79 Å². The molecule has 0 aliphatic carbocycles. The fourth-order valence-corrected chi connectivity index (χ4v) is 3.09. The molecule has 3 rings (SSSR count). The zero-order valence-electron chi connectivity index (χ0n) is 16.4. The quantitative estimate of drug-likeness (QED) is 0.420. The van der Waals surface area contributed by atoms with E-state index in [9.17, 15) is 4.79 Å². The Kier molecular flexibility index (Phi) is 7.42. The molecule has 0 aliphatic heterocycles. The summed E-state index contributed by atoms with van der Waals surface area (Å²) in [6, 6.07) is 25.8. The van der Waals surface area contributed by atoms with E-state index in [2.05, 4.69) is 58.7 Å². The van der Waals surface area contributed by atoms with Gasteiger partial charge in [0.15, 0.2) is 0 Å². The lowest BCUT2D eigenvalue weighted by Crippen LogP contribution is -2.21. The highest BCUT2D eigenvalue weighted by Gasteiger charge is 2.05. The lowest BCUT2D eigenvalue weighted by molar-refractivity contribution is -0.120. The van der Waals surface area contributed by atoms with Crippen molar-refractivity contribution in [1.82, 2.24) is 5.43 Å². The number of halogens is 1. The van der Waals surface area contributed by atoms with Gasteiger partial charge in [0.2, 0.25) is 5.91 Å². The van der Waals surface area contributed by atoms with Crippen LogP contribution in [0.3, 0.4) is 0 Å². The van der Waals surface area contributed by atoms with Gasteiger partial charge >= 0.3 is 0 Å². The number of rotatable bonds is 8. The molecule has 1 amide bonds. The fourth-order valence-electron chi connectivity index (χ4n) is 2.97. The van der Waals surface area contributed by atoms with E-state index in [0.717, 1.165) is 29.9 Å². The Morgan fingerprint density at radius 3 is 2.31 bits per heavy atom. The molecule has 0 bridgehead atoms. The van der Waals surface area contributed by atoms with E-state index in [1.54, 1.807) is 18.3 Å². The Balaban J connectivity index is 1.53. The summed E-state index contributed by atoms with van der Waals surface area (Å²) in [4.78, 5) is 14.3. The van der Waals surface area contributed by atoms with Crippen molar-refractivity contribution in [2.45, 2.75) is 19.9 Å². The van der Waals surface area contributed by atoms with E-state index >= 15 is 0 Å². The van der Waals surface area contributed by atoms with Crippen LogP contribution in [0.4, 0.5) is 5.69 Å². The second-order valence-electron chi connectivity index (χ2n) is 6.69. The van der Waals surface area contributed by atoms with E-state index in [-0.39, 0.29) is 12.3 Å². The van der Waals surface area contributed by atoms with Crippen molar-refractivity contribution in [1.29, 1.82) is 0 Å². The van der Waals surface area contributed by atoms with Gasteiger partial charge in [-0.05, 0) is 47.9 Å². The fraction of sp³-hybridized carbons (Fsp3) is 0.167. The van der Waals surface area contributed by atoms with Gasteiger partial charge in [-0.1, -0.05) is 66.2 Å². The van der Waals surface area contributed by atoms with Crippen LogP contribution in [-0.4, -0.2) is 18.7 Å². The van der Waals surface area contributed by atoms with Crippen molar-refractivity contribution in [2.24, 2.45) is 5.10 Å². The smallest absolute Gasteiger partial charge is 0.244 e. The summed E-state index contributed by atoms with van der Waals surface area (Å²) in [6.07, 6.45) is 1.91. The third kappa shape index (κ3) is 6.47. The summed E-state index contributed by atoms with van der Waals surface area (Å²) in [7, 11) is 0. The summed E-state index contributed by atoms with van der Waals surface area (Å²) in [5, 5.41) is 4.71. The number of anilines is 1. The first kappa shape index (κ1) is 20.6. The summed E-state index contributed by atoms with van der Waals surface area (Å²) in [5.74, 6) is -0.166. The van der Waals surface area contributed by atoms with Crippen LogP contribution in [0.2, 0.25) is 5.02 Å². The molecule has 4 nitrogen and oxygen atoms in total. The second kappa shape index (κ2) is 10.4. The molecule has 0 aliphatic rings. The molecule has 0 aromatic heterocycles. The summed E-state index contributed by atoms with van der Waals surface area (Å²) >= 11 is 5.85. The number of nitrogens with one attached hydrogen (secondary N) is 1. The number of hydrazone groups is 1. The van der Waals surface area contributed by atoms with Crippen LogP contribution in [0.5, 0.6) is 0 Å². The van der Waals surface area contributed by atoms with Gasteiger partial charge in [0.05, 0.1) is 12.6 Å². The first-order chi connectivity index (χ1) is 14.1. The third-order valence-corrected chi connectivity index (χ3v) is 4.79. The predicted octanol–water partition coefficient (Wildman–Crippen LogP) is 5.06. The minimum atomic E-state index is -0.166. The minimum Gasteiger partial charge on any atom is -0.367 e. The van der Waals surface area contributed by atoms with Gasteiger partial charge in [0.25, 0.3) is 0 Å². The molecule has 29 heavy (non-hydrogen) atoms. The molecule has 0 spiro atoms. The lowest BCUT2D eigenvalue weighted by atomic mass is 10.1. The minimum absolute atomic E-state index is 0.166. The Hall–Kier alpha value is -3.11. The molecule has 0 unspecified atom stereocenters. The Bertz CT molecular complexity index is 938. The first-order valence-electron chi connectivity index (χ1n) is 9.59. The van der Waals surface area contributed by atoms with Crippen LogP contribution in [0, 0.1) is 0 Å². The highest BCUT2D eigenvalue weighted by Crippen LogP contribution is 2.17. The maximum absolute atomic E-state index is 12.0. The molecule has 0 atom stereocenters. The monoisotopic (exact) mass is 405 g/mol. The maximum atomic E-state index is 12.0. The number of nitrogens with zero attached hydrogens (tertiary/aromatic N) is 2. The van der Waals surface area contributed by atoms with E-state index in [1.807, 2.05) is 30.3 Å². The SMILES string of the molecule is CCN(Cc1ccccc1)c1ccc(/C=N\NC(=O)Cc2ccc(Cl)cc2)cc1. The lowest BCUT2D eigenvalue weighted by Gasteiger charge is -2.23. The van der Waals surface area contributed by atoms with Gasteiger partial charge in [-0.3, -0.25) is 4.79 Å². The average Bonchev–Trinajstić information content (AvgIpc) is 2.75. The highest BCUT2D eigenvalue weighted by atomic mass is 35.5. The number of amides is 1. The van der Waals surface area contributed by atoms with Crippen LogP contribution in [0.15, 0.2) is 84.0 Å². The van der Waals surface area contributed by atoms with Crippen LogP contribution >= 0.6 is 11.6 Å². The topological polar surface area (TPSA) is 44.7 Å². The first-order valence-corrected chi connectivity index (χ1v) is 9.97. The molecule has 3 aromatic carbocycles. The zero-order chi connectivity index (χ0) is 20.5. The number of carbonyl (C=O) groups excluding carboxylic acids is 1. The second-order valence-corrected chi connectivity index (χ2v) is 7.12. The van der Waals surface area contributed by atoms with Crippen molar-refractivity contribution in [3.63, 3.8) is 0 Å². The molecule has 0 heterocycles. The van der Waals surface area contributed by atoms with Crippen molar-refractivity contribution in [2.75, 3.05) is 11.4 Å². The van der Waals surface area contributed by atoms with E-state index in [1.165, 1.54) is 5.56 Å². The number of hydrogen-bond acceptors (Lipinski definition) is 3. The van der Waals surface area contributed by atoms with Crippen LogP contribution in [0.25, 0.3) is 0 Å². The summed E-state index contributed by atoms with van der Waals surface area (Å²) in [6.45, 7) is 3.93. The average molecular weight is 406 g/mol. The molecule has 0 fully saturated rings. The predicted molar refractivity (Wildman–Crippen MR) is 121 cm³/mol. The highest BCUT2D eigenvalue weighted by molar-refractivity contribution is 6.30. The van der Waals surface area contributed by atoms with Crippen LogP contribution in [-0.2, 0) is 17.8 Å². The summed E-state index contributed by atoms with van der Waals surface area (Å²) < 4.78 is 0. The molecular weight excluding hydrogens is 382 g/mol. The Morgan fingerprint density at radius 1 is 0.966 bits per heavy atom. The third-order valence-electron chi connectivity index (χ3n) is 4.54. The standard InChI is InChI=1S/C24H24ClN3O/c1-2-28(18-21-6-4-3-5-7-21)23-14-10-20(11-15-23)17-26-27-24(29)16-19-8-12-22(25)13-9-19/h3-15,17H,2,16,18H2,1H3,(H,27,29)/b26-17-. The molecule has 0 saturated heterocycles. The van der Waals surface area contributed by atoms with Crippen LogP contribution < -0.4 is 10.3 Å². The molecule has 1 N–H and O–H groups in total. The Morgan fingerprint density at radius 2 is 1.66 bits per heavy atom. The van der Waals surface area contributed by atoms with Gasteiger partial charge in [0, 0.05) is 23.8 Å². The molecule has 0 radical (unpaired) electrons. The van der Waals surface area contributed by atoms with Crippen molar-refractivity contribution in [3.8, 4) is 0 Å². The van der Waals surface area contributed by atoms with Crippen molar-refractivity contribution in [3.05, 3.63) is 101 Å². The van der Waals surface area contributed by atoms with E-state index < -0.39 is 0 Å². The van der Waals surface area contributed by atoms with Gasteiger partial charge in [-0.25, -0.2) is 5.43 Å². The zero-order valence-corrected chi connectivity index (χ0v) is 17.1. The van der Waals surface area contributed by atoms with E-state index in [4.69, 9.17) is 11.6 Å². The van der Waals surface area contributed by atoms with E-state index in [0.29, 0.717) is 5.02 Å². The molecule has 0 saturated carbocycles. The molecule has 148 valence electrons. The molecule has 5 heteroatoms. The number of hydrogen-bond donors (Lipinski definition) is 1. The normalized spacial score (nSPS) is 10.8. The largest absolute Gasteiger partial charge is 0.367 e. The van der Waals surface area contributed by atoms with Crippen molar-refractivity contribution >= 4 is 29.4 Å². The van der Waals surface area contributed by atoms with Crippen LogP contribution in [0.1, 0.15) is 23.6 Å². The Labute approximate surface area is 176 Å². The molecule has 3 aromatic rings. The van der Waals surface area contributed by atoms with Gasteiger partial charge in [0.1, 0.15) is 0 Å². The van der Waals surface area contributed by atoms with Gasteiger partial charge in [-0.2, -0.15) is 5.10 Å². The number of carbonyl (C=O) groups is 1. The molecular formula is C24H24ClN3O. The van der Waals surface area contributed by atoms with Gasteiger partial charge in [-0.15, -0.1) is 0 Å². The number of benzene rings is 3.